The Hall–Kier alpha value is -3.32. The lowest BCUT2D eigenvalue weighted by Gasteiger charge is -2.07. The number of nitrogens with zero attached hydrogens (tertiary/aromatic N) is 1. The minimum absolute atomic E-state index is 0.612. The van der Waals surface area contributed by atoms with Crippen molar-refractivity contribution in [1.82, 2.24) is 5.32 Å². The third-order valence-corrected chi connectivity index (χ3v) is 4.44. The minimum atomic E-state index is -1.24. The van der Waals surface area contributed by atoms with E-state index in [-0.39, 0.29) is 0 Å². The van der Waals surface area contributed by atoms with E-state index in [0.717, 1.165) is 55.6 Å². The van der Waals surface area contributed by atoms with Crippen molar-refractivity contribution in [2.24, 2.45) is 16.6 Å². The molecule has 6 nitrogen and oxygen atoms in total. The largest absolute Gasteiger partial charge is 0.461 e. The van der Waals surface area contributed by atoms with Crippen LogP contribution in [-0.2, 0) is 11.2 Å². The summed E-state index contributed by atoms with van der Waals surface area (Å²) in [6.07, 6.45) is 5.84. The van der Waals surface area contributed by atoms with Crippen LogP contribution in [0.3, 0.4) is 0 Å². The summed E-state index contributed by atoms with van der Waals surface area (Å²) < 4.78 is 17.4. The van der Waals surface area contributed by atoms with Crippen LogP contribution in [-0.4, -0.2) is 45.3 Å². The monoisotopic (exact) mass is 589 g/mol. The van der Waals surface area contributed by atoms with Crippen LogP contribution in [0.5, 0.6) is 5.75 Å². The third kappa shape index (κ3) is 32.9. The lowest BCUT2D eigenvalue weighted by molar-refractivity contribution is -0.106. The number of carbonyl (C=O) groups is 2. The number of aryl methyl sites for hydroxylation is 3. The number of likely N-dealkylation sites (N-methyl/N-ethyl adjacent to an activating group) is 1. The summed E-state index contributed by atoms with van der Waals surface area (Å²) in [5.41, 5.74) is 10.7. The van der Waals surface area contributed by atoms with E-state index in [1.165, 1.54) is 30.5 Å². The molecule has 240 valence electrons. The number of aldehydes is 2. The molecule has 1 unspecified atom stereocenters. The molecule has 1 atom stereocenters. The van der Waals surface area contributed by atoms with Crippen molar-refractivity contribution in [3.63, 3.8) is 0 Å². The molecule has 2 rings (SSSR count). The summed E-state index contributed by atoms with van der Waals surface area (Å²) in [6, 6.07) is 13.3. The number of halogens is 1. The number of hydrogen-bond donors (Lipinski definition) is 2. The summed E-state index contributed by atoms with van der Waals surface area (Å²) in [4.78, 5) is 23.1. The molecular weight excluding hydrogens is 529 g/mol. The van der Waals surface area contributed by atoms with Gasteiger partial charge >= 0.3 is 0 Å². The molecule has 0 bridgehead atoms. The van der Waals surface area contributed by atoms with Gasteiger partial charge in [0.15, 0.2) is 0 Å². The number of rotatable bonds is 9. The Morgan fingerprint density at radius 3 is 2.00 bits per heavy atom. The fourth-order valence-corrected chi connectivity index (χ4v) is 2.65. The molecule has 0 spiro atoms. The van der Waals surface area contributed by atoms with Crippen molar-refractivity contribution in [2.45, 2.75) is 95.4 Å². The summed E-state index contributed by atoms with van der Waals surface area (Å²) in [5.74, 6) is 1.45. The van der Waals surface area contributed by atoms with E-state index in [1.807, 2.05) is 78.1 Å². The maximum Gasteiger partial charge on any atom is 0.235 e. The topological polar surface area (TPSA) is 93.8 Å². The number of nitrogens with one attached hydrogen (secondary N) is 1. The van der Waals surface area contributed by atoms with Crippen LogP contribution in [0.25, 0.3) is 0 Å². The Morgan fingerprint density at radius 2 is 1.60 bits per heavy atom. The standard InChI is InChI=1S/C11H15FO.C9H10O.C7H15N3.C4H10.C2H4O.C2H6/c1-3-5-10-6-4-7-11(8-10)13-9(2)12;1-7-3-4-9(6-10)5-8(7)2;1-3-10-6-7(4-8)5-9-2;1-4(2)3;1-2-3;1-2/h4,6-9H,3,5H2,1-2H3;3-6H,1-2H3;4,6,9H,3,5,8H2,1-2H3;4H,1-3H3;2H,1H3;1-2H3/b;;7-4-,10-6?;;;. The molecule has 0 fully saturated rings. The predicted molar refractivity (Wildman–Crippen MR) is 182 cm³/mol. The Balaban J connectivity index is -0.000000227. The summed E-state index contributed by atoms with van der Waals surface area (Å²) in [6.45, 7) is 23.1. The highest BCUT2D eigenvalue weighted by molar-refractivity contribution is 5.78. The van der Waals surface area contributed by atoms with Gasteiger partial charge in [-0.15, -0.1) is 0 Å². The second-order valence-electron chi connectivity index (χ2n) is 9.39. The molecule has 0 aliphatic carbocycles. The van der Waals surface area contributed by atoms with Crippen molar-refractivity contribution >= 4 is 18.8 Å². The van der Waals surface area contributed by atoms with Crippen molar-refractivity contribution in [3.05, 3.63) is 76.5 Å². The van der Waals surface area contributed by atoms with Crippen LogP contribution in [0.15, 0.2) is 59.2 Å². The van der Waals surface area contributed by atoms with Crippen molar-refractivity contribution in [1.29, 1.82) is 0 Å². The second kappa shape index (κ2) is 33.9. The molecule has 0 aromatic heterocycles. The van der Waals surface area contributed by atoms with Gasteiger partial charge in [0.25, 0.3) is 0 Å². The Labute approximate surface area is 257 Å². The maximum absolute atomic E-state index is 12.5. The highest BCUT2D eigenvalue weighted by Gasteiger charge is 2.00. The lowest BCUT2D eigenvalue weighted by atomic mass is 10.1. The summed E-state index contributed by atoms with van der Waals surface area (Å²) in [5, 5.41) is 2.99. The van der Waals surface area contributed by atoms with Gasteiger partial charge in [-0.1, -0.05) is 72.2 Å². The third-order valence-electron chi connectivity index (χ3n) is 4.44. The van der Waals surface area contributed by atoms with Crippen molar-refractivity contribution in [3.8, 4) is 5.75 Å². The van der Waals surface area contributed by atoms with Gasteiger partial charge < -0.3 is 20.6 Å². The minimum Gasteiger partial charge on any atom is -0.461 e. The van der Waals surface area contributed by atoms with Gasteiger partial charge in [-0.3, -0.25) is 9.79 Å². The molecule has 0 aliphatic heterocycles. The second-order valence-corrected chi connectivity index (χ2v) is 9.39. The molecule has 0 saturated carbocycles. The van der Waals surface area contributed by atoms with E-state index in [4.69, 9.17) is 15.3 Å². The van der Waals surface area contributed by atoms with Gasteiger partial charge in [0.1, 0.15) is 18.3 Å². The van der Waals surface area contributed by atoms with Crippen LogP contribution in [0.4, 0.5) is 4.39 Å². The first kappa shape index (κ1) is 45.7. The molecule has 0 radical (unpaired) electrons. The molecule has 0 aliphatic rings. The molecule has 0 saturated heterocycles. The van der Waals surface area contributed by atoms with Gasteiger partial charge in [0.05, 0.1) is 0 Å². The first-order chi connectivity index (χ1) is 19.9. The van der Waals surface area contributed by atoms with Gasteiger partial charge in [0, 0.05) is 31.8 Å². The molecule has 42 heavy (non-hydrogen) atoms. The Kier molecular flexibility index (Phi) is 36.8. The first-order valence-electron chi connectivity index (χ1n) is 14.8. The zero-order chi connectivity index (χ0) is 33.3. The average Bonchev–Trinajstić information content (AvgIpc) is 2.94. The van der Waals surface area contributed by atoms with Crippen LogP contribution in [0.2, 0.25) is 0 Å². The zero-order valence-corrected chi connectivity index (χ0v) is 28.5. The molecule has 2 aromatic carbocycles. The summed E-state index contributed by atoms with van der Waals surface area (Å²) >= 11 is 0. The van der Waals surface area contributed by atoms with Crippen LogP contribution in [0, 0.1) is 19.8 Å². The van der Waals surface area contributed by atoms with Crippen LogP contribution >= 0.6 is 0 Å². The molecule has 0 heterocycles. The van der Waals surface area contributed by atoms with Gasteiger partial charge in [-0.05, 0) is 93.7 Å². The molecule has 7 heteroatoms. The number of hydrogen-bond acceptors (Lipinski definition) is 6. The van der Waals surface area contributed by atoms with Crippen LogP contribution < -0.4 is 15.8 Å². The SMILES string of the molecule is CC.CC(C)C.CC=O.CCCc1cccc(OC(C)F)c1.CCN=C/C(=C\N)CNC.Cc1ccc(C=O)cc1C. The fraction of sp³-hybridized carbons (Fsp3) is 0.514. The number of aliphatic imine (C=N–C) groups is 1. The van der Waals surface area contributed by atoms with E-state index in [1.54, 1.807) is 18.5 Å². The highest BCUT2D eigenvalue weighted by Crippen LogP contribution is 2.16. The number of nitrogens with two attached hydrogens (primary N) is 1. The van der Waals surface area contributed by atoms with Gasteiger partial charge in [-0.2, -0.15) is 0 Å². The molecule has 0 amide bonds. The van der Waals surface area contributed by atoms with E-state index >= 15 is 0 Å². The average molecular weight is 590 g/mol. The quantitative estimate of drug-likeness (QED) is 0.226. The number of alkyl halides is 1. The predicted octanol–water partition coefficient (Wildman–Crippen LogP) is 8.48. The van der Waals surface area contributed by atoms with Gasteiger partial charge in [-0.25, -0.2) is 4.39 Å². The molecule has 3 N–H and O–H groups in total. The van der Waals surface area contributed by atoms with E-state index < -0.39 is 6.36 Å². The van der Waals surface area contributed by atoms with E-state index in [2.05, 4.69) is 38.0 Å². The highest BCUT2D eigenvalue weighted by atomic mass is 19.1. The smallest absolute Gasteiger partial charge is 0.235 e. The zero-order valence-electron chi connectivity index (χ0n) is 28.5. The fourth-order valence-electron chi connectivity index (χ4n) is 2.65. The lowest BCUT2D eigenvalue weighted by Crippen LogP contribution is -2.12. The van der Waals surface area contributed by atoms with Crippen LogP contribution in [0.1, 0.15) is 95.8 Å². The van der Waals surface area contributed by atoms with E-state index in [0.29, 0.717) is 5.75 Å². The Bertz CT molecular complexity index is 955. The van der Waals surface area contributed by atoms with Crippen molar-refractivity contribution < 1.29 is 18.7 Å². The maximum atomic E-state index is 12.5. The Morgan fingerprint density at radius 1 is 1.02 bits per heavy atom. The normalized spacial score (nSPS) is 10.5. The number of ether oxygens (including phenoxy) is 1. The van der Waals surface area contributed by atoms with Crippen molar-refractivity contribution in [2.75, 3.05) is 20.1 Å². The summed E-state index contributed by atoms with van der Waals surface area (Å²) in [7, 11) is 1.88. The van der Waals surface area contributed by atoms with Gasteiger partial charge in [0.2, 0.25) is 6.36 Å². The number of carbonyl (C=O) groups excluding carboxylic acids is 2. The first-order valence-corrected chi connectivity index (χ1v) is 14.8. The molecular formula is C35H60FN3O3. The number of benzene rings is 2. The molecule has 2 aromatic rings. The van der Waals surface area contributed by atoms with E-state index in [9.17, 15) is 9.18 Å².